The molecule has 0 atom stereocenters. The van der Waals surface area contributed by atoms with Gasteiger partial charge in [0.2, 0.25) is 0 Å². The fourth-order valence-corrected chi connectivity index (χ4v) is 4.36. The molecule has 1 aliphatic rings. The molecule has 5 rings (SSSR count). The van der Waals surface area contributed by atoms with Gasteiger partial charge in [-0.3, -0.25) is 25.7 Å². The Labute approximate surface area is 200 Å². The Morgan fingerprint density at radius 1 is 0.829 bits per heavy atom. The first kappa shape index (κ1) is 22.0. The first-order valence-electron chi connectivity index (χ1n) is 11.0. The number of nitro groups is 2. The van der Waals surface area contributed by atoms with Crippen molar-refractivity contribution in [2.24, 2.45) is 5.10 Å². The zero-order valence-corrected chi connectivity index (χ0v) is 18.5. The summed E-state index contributed by atoms with van der Waals surface area (Å²) in [4.78, 5) is 21.3. The Morgan fingerprint density at radius 3 is 2.43 bits per heavy atom. The van der Waals surface area contributed by atoms with E-state index in [1.54, 1.807) is 0 Å². The van der Waals surface area contributed by atoms with Crippen molar-refractivity contribution in [3.8, 4) is 0 Å². The second-order valence-electron chi connectivity index (χ2n) is 8.18. The first-order valence-corrected chi connectivity index (χ1v) is 11.0. The summed E-state index contributed by atoms with van der Waals surface area (Å²) in [6.45, 7) is 0. The lowest BCUT2D eigenvalue weighted by atomic mass is 9.85. The molecule has 0 fully saturated rings. The van der Waals surface area contributed by atoms with Gasteiger partial charge in [-0.05, 0) is 52.5 Å². The van der Waals surface area contributed by atoms with Crippen LogP contribution < -0.4 is 5.43 Å². The maximum atomic E-state index is 11.6. The molecule has 35 heavy (non-hydrogen) atoms. The molecular formula is C27H20N4O4. The number of hydrazone groups is 1. The molecule has 0 heterocycles. The summed E-state index contributed by atoms with van der Waals surface area (Å²) in [7, 11) is 0. The smallest absolute Gasteiger partial charge is 0.271 e. The van der Waals surface area contributed by atoms with Gasteiger partial charge in [-0.1, -0.05) is 66.7 Å². The summed E-state index contributed by atoms with van der Waals surface area (Å²) in [6, 6.07) is 25.7. The second kappa shape index (κ2) is 9.18. The molecule has 0 saturated heterocycles. The van der Waals surface area contributed by atoms with Gasteiger partial charge in [0, 0.05) is 11.6 Å². The van der Waals surface area contributed by atoms with E-state index in [2.05, 4.69) is 40.9 Å². The Hall–Kier alpha value is -4.85. The third-order valence-electron chi connectivity index (χ3n) is 6.07. The highest BCUT2D eigenvalue weighted by Gasteiger charge is 2.22. The zero-order chi connectivity index (χ0) is 24.4. The van der Waals surface area contributed by atoms with Crippen molar-refractivity contribution in [3.63, 3.8) is 0 Å². The van der Waals surface area contributed by atoms with Gasteiger partial charge in [0.1, 0.15) is 5.69 Å². The molecule has 8 heteroatoms. The van der Waals surface area contributed by atoms with Gasteiger partial charge in [-0.15, -0.1) is 0 Å². The fraction of sp³-hybridized carbons (Fsp3) is 0.0741. The van der Waals surface area contributed by atoms with Crippen molar-refractivity contribution < 1.29 is 9.85 Å². The molecule has 4 aromatic carbocycles. The lowest BCUT2D eigenvalue weighted by Crippen LogP contribution is -2.17. The van der Waals surface area contributed by atoms with Crippen LogP contribution in [0.15, 0.2) is 95.6 Å². The van der Waals surface area contributed by atoms with Gasteiger partial charge >= 0.3 is 5.69 Å². The molecule has 0 unspecified atom stereocenters. The number of nitrogens with one attached hydrogen (secondary N) is 1. The highest BCUT2D eigenvalue weighted by Crippen LogP contribution is 2.32. The van der Waals surface area contributed by atoms with E-state index in [0.29, 0.717) is 5.71 Å². The summed E-state index contributed by atoms with van der Waals surface area (Å²) in [5.74, 6) is 0. The Bertz CT molecular complexity index is 1540. The van der Waals surface area contributed by atoms with Gasteiger partial charge in [0.25, 0.3) is 5.69 Å². The standard InChI is InChI=1S/C27H20N4O4/c32-30(33)22-14-15-25(26(17-22)31(34)35)28-29-27-21(13-12-19-7-2-4-11-24(19)27)16-20-9-5-8-18-6-1-3-10-23(18)20/h1-11,14-17,28H,12-13H2/b21-16-,29-27+. The highest BCUT2D eigenvalue weighted by molar-refractivity contribution is 6.17. The zero-order valence-electron chi connectivity index (χ0n) is 18.5. The van der Waals surface area contributed by atoms with Crippen LogP contribution in [0.3, 0.4) is 0 Å². The lowest BCUT2D eigenvalue weighted by molar-refractivity contribution is -0.393. The van der Waals surface area contributed by atoms with Gasteiger partial charge in [-0.2, -0.15) is 5.10 Å². The molecule has 0 aliphatic heterocycles. The normalized spacial score (nSPS) is 15.2. The topological polar surface area (TPSA) is 111 Å². The maximum absolute atomic E-state index is 11.6. The predicted octanol–water partition coefficient (Wildman–Crippen LogP) is 6.50. The van der Waals surface area contributed by atoms with Crippen LogP contribution >= 0.6 is 0 Å². The summed E-state index contributed by atoms with van der Waals surface area (Å²) in [6.07, 6.45) is 3.72. The van der Waals surface area contributed by atoms with Gasteiger partial charge < -0.3 is 0 Å². The van der Waals surface area contributed by atoms with E-state index in [4.69, 9.17) is 0 Å². The number of fused-ring (bicyclic) bond motifs is 2. The molecule has 4 aromatic rings. The molecule has 0 saturated carbocycles. The van der Waals surface area contributed by atoms with E-state index in [0.717, 1.165) is 51.9 Å². The monoisotopic (exact) mass is 464 g/mol. The molecule has 1 N–H and O–H groups in total. The highest BCUT2D eigenvalue weighted by atomic mass is 16.6. The number of hydrogen-bond acceptors (Lipinski definition) is 6. The number of hydrogen-bond donors (Lipinski definition) is 1. The van der Waals surface area contributed by atoms with Crippen LogP contribution in [0.2, 0.25) is 0 Å². The summed E-state index contributed by atoms with van der Waals surface area (Å²) < 4.78 is 0. The molecule has 0 aromatic heterocycles. The number of nitrogens with zero attached hydrogens (tertiary/aromatic N) is 3. The average molecular weight is 464 g/mol. The number of aryl methyl sites for hydroxylation is 1. The number of rotatable bonds is 5. The largest absolute Gasteiger partial charge is 0.301 e. The van der Waals surface area contributed by atoms with Crippen molar-refractivity contribution in [2.75, 3.05) is 5.43 Å². The van der Waals surface area contributed by atoms with Gasteiger partial charge in [0.15, 0.2) is 0 Å². The number of anilines is 1. The van der Waals surface area contributed by atoms with Crippen molar-refractivity contribution >= 4 is 39.6 Å². The third kappa shape index (κ3) is 4.37. The van der Waals surface area contributed by atoms with Gasteiger partial charge in [-0.25, -0.2) is 0 Å². The quantitative estimate of drug-likeness (QED) is 0.268. The Kier molecular flexibility index (Phi) is 5.76. The minimum absolute atomic E-state index is 0.0839. The number of non-ortho nitro benzene ring substituents is 1. The van der Waals surface area contributed by atoms with Crippen molar-refractivity contribution in [3.05, 3.63) is 127 Å². The number of benzene rings is 4. The molecule has 0 spiro atoms. The SMILES string of the molecule is O=[N+]([O-])c1ccc(N/N=C2\C(=C/c3cccc4ccccc34)CCc3ccccc32)c([N+](=O)[O-])c1. The average Bonchev–Trinajstić information content (AvgIpc) is 2.88. The molecule has 1 aliphatic carbocycles. The second-order valence-corrected chi connectivity index (χ2v) is 8.18. The van der Waals surface area contributed by atoms with E-state index in [-0.39, 0.29) is 11.4 Å². The minimum atomic E-state index is -0.662. The van der Waals surface area contributed by atoms with Crippen LogP contribution in [0.4, 0.5) is 17.1 Å². The molecule has 0 radical (unpaired) electrons. The Balaban J connectivity index is 1.61. The molecular weight excluding hydrogens is 444 g/mol. The maximum Gasteiger partial charge on any atom is 0.301 e. The van der Waals surface area contributed by atoms with E-state index in [9.17, 15) is 20.2 Å². The van der Waals surface area contributed by atoms with Crippen LogP contribution in [0.5, 0.6) is 0 Å². The van der Waals surface area contributed by atoms with Gasteiger partial charge in [0.05, 0.1) is 21.6 Å². The fourth-order valence-electron chi connectivity index (χ4n) is 4.36. The number of allylic oxidation sites excluding steroid dienone is 1. The molecule has 0 bridgehead atoms. The van der Waals surface area contributed by atoms with Crippen LogP contribution in [-0.2, 0) is 6.42 Å². The number of nitro benzene ring substituents is 2. The molecule has 8 nitrogen and oxygen atoms in total. The lowest BCUT2D eigenvalue weighted by Gasteiger charge is -2.21. The van der Waals surface area contributed by atoms with E-state index in [1.807, 2.05) is 42.5 Å². The van der Waals surface area contributed by atoms with Crippen LogP contribution in [0, 0.1) is 20.2 Å². The summed E-state index contributed by atoms with van der Waals surface area (Å²) in [5, 5.41) is 29.5. The first-order chi connectivity index (χ1) is 17.0. The van der Waals surface area contributed by atoms with E-state index in [1.165, 1.54) is 12.1 Å². The van der Waals surface area contributed by atoms with E-state index >= 15 is 0 Å². The third-order valence-corrected chi connectivity index (χ3v) is 6.07. The van der Waals surface area contributed by atoms with Crippen molar-refractivity contribution in [1.29, 1.82) is 0 Å². The van der Waals surface area contributed by atoms with Crippen LogP contribution in [0.1, 0.15) is 23.1 Å². The van der Waals surface area contributed by atoms with Crippen molar-refractivity contribution in [1.82, 2.24) is 0 Å². The summed E-state index contributed by atoms with van der Waals surface area (Å²) >= 11 is 0. The summed E-state index contributed by atoms with van der Waals surface area (Å²) in [5.41, 5.74) is 6.96. The molecule has 0 amide bonds. The molecule has 172 valence electrons. The van der Waals surface area contributed by atoms with Crippen LogP contribution in [0.25, 0.3) is 16.8 Å². The van der Waals surface area contributed by atoms with E-state index < -0.39 is 15.5 Å². The van der Waals surface area contributed by atoms with Crippen LogP contribution in [-0.4, -0.2) is 15.6 Å². The van der Waals surface area contributed by atoms with Crippen molar-refractivity contribution in [2.45, 2.75) is 12.8 Å². The Morgan fingerprint density at radius 2 is 1.60 bits per heavy atom. The minimum Gasteiger partial charge on any atom is -0.271 e. The predicted molar refractivity (Wildman–Crippen MR) is 137 cm³/mol.